The lowest BCUT2D eigenvalue weighted by atomic mass is 10.0. The molecule has 2 heteroatoms. The highest BCUT2D eigenvalue weighted by Gasteiger charge is 2.27. The van der Waals surface area contributed by atoms with Gasteiger partial charge in [-0.25, -0.2) is 0 Å². The summed E-state index contributed by atoms with van der Waals surface area (Å²) in [5.41, 5.74) is 1.39. The van der Waals surface area contributed by atoms with Crippen LogP contribution in [-0.2, 0) is 0 Å². The summed E-state index contributed by atoms with van der Waals surface area (Å²) in [5.74, 6) is 0.845. The molecule has 90 valence electrons. The van der Waals surface area contributed by atoms with Crippen molar-refractivity contribution < 1.29 is 0 Å². The Labute approximate surface area is 108 Å². The SMILES string of the molecule is CC(C)c1ccc(SC2CCCC2C#N)cc1. The van der Waals surface area contributed by atoms with Crippen LogP contribution >= 0.6 is 11.8 Å². The topological polar surface area (TPSA) is 23.8 Å². The molecule has 1 aliphatic carbocycles. The van der Waals surface area contributed by atoms with Crippen LogP contribution in [-0.4, -0.2) is 5.25 Å². The number of thioether (sulfide) groups is 1. The van der Waals surface area contributed by atoms with Crippen molar-refractivity contribution in [2.45, 2.75) is 49.2 Å². The van der Waals surface area contributed by atoms with E-state index in [0.29, 0.717) is 11.2 Å². The normalized spacial score (nSPS) is 23.9. The maximum Gasteiger partial charge on any atom is 0.0667 e. The van der Waals surface area contributed by atoms with Crippen LogP contribution in [0.3, 0.4) is 0 Å². The zero-order valence-corrected chi connectivity index (χ0v) is 11.3. The van der Waals surface area contributed by atoms with E-state index in [4.69, 9.17) is 5.26 Å². The fourth-order valence-corrected chi connectivity index (χ4v) is 3.61. The van der Waals surface area contributed by atoms with Crippen molar-refractivity contribution in [1.82, 2.24) is 0 Å². The predicted molar refractivity (Wildman–Crippen MR) is 73.1 cm³/mol. The van der Waals surface area contributed by atoms with Crippen LogP contribution < -0.4 is 0 Å². The van der Waals surface area contributed by atoms with E-state index in [2.05, 4.69) is 44.2 Å². The fourth-order valence-electron chi connectivity index (χ4n) is 2.32. The Balaban J connectivity index is 2.02. The molecular weight excluding hydrogens is 226 g/mol. The van der Waals surface area contributed by atoms with Gasteiger partial charge in [0.25, 0.3) is 0 Å². The van der Waals surface area contributed by atoms with E-state index in [1.54, 1.807) is 0 Å². The average Bonchev–Trinajstić information content (AvgIpc) is 2.77. The van der Waals surface area contributed by atoms with Crippen LogP contribution in [0, 0.1) is 17.2 Å². The van der Waals surface area contributed by atoms with E-state index in [-0.39, 0.29) is 5.92 Å². The minimum Gasteiger partial charge on any atom is -0.198 e. The summed E-state index contributed by atoms with van der Waals surface area (Å²) in [4.78, 5) is 1.31. The first-order valence-electron chi connectivity index (χ1n) is 6.37. The van der Waals surface area contributed by atoms with Gasteiger partial charge < -0.3 is 0 Å². The van der Waals surface area contributed by atoms with Crippen molar-refractivity contribution in [3.63, 3.8) is 0 Å². The van der Waals surface area contributed by atoms with E-state index in [9.17, 15) is 0 Å². The summed E-state index contributed by atoms with van der Waals surface area (Å²) < 4.78 is 0. The Morgan fingerprint density at radius 3 is 2.53 bits per heavy atom. The van der Waals surface area contributed by atoms with Gasteiger partial charge in [0.15, 0.2) is 0 Å². The second-order valence-corrected chi connectivity index (χ2v) is 6.36. The van der Waals surface area contributed by atoms with E-state index in [1.807, 2.05) is 11.8 Å². The Bertz CT molecular complexity index is 402. The third-order valence-corrected chi connectivity index (χ3v) is 4.86. The van der Waals surface area contributed by atoms with Crippen LogP contribution in [0.15, 0.2) is 29.2 Å². The molecule has 0 radical (unpaired) electrons. The molecule has 1 aliphatic rings. The monoisotopic (exact) mass is 245 g/mol. The molecule has 0 spiro atoms. The standard InChI is InChI=1S/C15H19NS/c1-11(2)12-6-8-14(9-7-12)17-15-5-3-4-13(15)10-16/h6-9,11,13,15H,3-5H2,1-2H3. The molecule has 1 fully saturated rings. The number of hydrogen-bond donors (Lipinski definition) is 0. The third kappa shape index (κ3) is 3.04. The van der Waals surface area contributed by atoms with Crippen molar-refractivity contribution in [3.05, 3.63) is 29.8 Å². The molecule has 0 aromatic heterocycles. The van der Waals surface area contributed by atoms with Gasteiger partial charge in [0.1, 0.15) is 0 Å². The van der Waals surface area contributed by atoms with Crippen molar-refractivity contribution in [2.24, 2.45) is 5.92 Å². The lowest BCUT2D eigenvalue weighted by Crippen LogP contribution is -2.07. The first-order chi connectivity index (χ1) is 8.20. The minimum absolute atomic E-state index is 0.254. The van der Waals surface area contributed by atoms with E-state index in [1.165, 1.54) is 23.3 Å². The molecule has 2 unspecified atom stereocenters. The van der Waals surface area contributed by atoms with Crippen molar-refractivity contribution in [3.8, 4) is 6.07 Å². The molecular formula is C15H19NS. The number of benzene rings is 1. The van der Waals surface area contributed by atoms with Gasteiger partial charge in [-0.15, -0.1) is 11.8 Å². The fraction of sp³-hybridized carbons (Fsp3) is 0.533. The Kier molecular flexibility index (Phi) is 4.12. The largest absolute Gasteiger partial charge is 0.198 e. The van der Waals surface area contributed by atoms with Gasteiger partial charge in [-0.05, 0) is 36.5 Å². The molecule has 0 N–H and O–H groups in total. The van der Waals surface area contributed by atoms with Crippen molar-refractivity contribution in [1.29, 1.82) is 5.26 Å². The minimum atomic E-state index is 0.254. The van der Waals surface area contributed by atoms with Gasteiger partial charge in [-0.3, -0.25) is 0 Å². The van der Waals surface area contributed by atoms with Crippen molar-refractivity contribution >= 4 is 11.8 Å². The zero-order chi connectivity index (χ0) is 12.3. The molecule has 1 aromatic rings. The summed E-state index contributed by atoms with van der Waals surface area (Å²) >= 11 is 1.88. The number of hydrogen-bond acceptors (Lipinski definition) is 2. The number of nitrogens with zero attached hydrogens (tertiary/aromatic N) is 1. The molecule has 1 saturated carbocycles. The summed E-state index contributed by atoms with van der Waals surface area (Å²) in [6, 6.07) is 11.3. The smallest absolute Gasteiger partial charge is 0.0667 e. The van der Waals surface area contributed by atoms with E-state index in [0.717, 1.165) is 6.42 Å². The Morgan fingerprint density at radius 2 is 1.94 bits per heavy atom. The average molecular weight is 245 g/mol. The summed E-state index contributed by atoms with van der Waals surface area (Å²) in [7, 11) is 0. The molecule has 17 heavy (non-hydrogen) atoms. The van der Waals surface area contributed by atoms with Gasteiger partial charge in [0, 0.05) is 10.1 Å². The molecule has 0 heterocycles. The quantitative estimate of drug-likeness (QED) is 0.777. The van der Waals surface area contributed by atoms with Crippen LogP contribution in [0.25, 0.3) is 0 Å². The summed E-state index contributed by atoms with van der Waals surface area (Å²) in [5, 5.41) is 9.57. The molecule has 0 saturated heterocycles. The maximum absolute atomic E-state index is 9.07. The maximum atomic E-state index is 9.07. The van der Waals surface area contributed by atoms with Gasteiger partial charge in [0.05, 0.1) is 12.0 Å². The second-order valence-electron chi connectivity index (χ2n) is 5.05. The van der Waals surface area contributed by atoms with E-state index < -0.39 is 0 Å². The van der Waals surface area contributed by atoms with Gasteiger partial charge in [-0.1, -0.05) is 32.4 Å². The van der Waals surface area contributed by atoms with Gasteiger partial charge in [0.2, 0.25) is 0 Å². The molecule has 1 nitrogen and oxygen atoms in total. The molecule has 0 aliphatic heterocycles. The highest BCUT2D eigenvalue weighted by Crippen LogP contribution is 2.38. The highest BCUT2D eigenvalue weighted by atomic mass is 32.2. The zero-order valence-electron chi connectivity index (χ0n) is 10.5. The van der Waals surface area contributed by atoms with E-state index >= 15 is 0 Å². The predicted octanol–water partition coefficient (Wildman–Crippen LogP) is 4.59. The summed E-state index contributed by atoms with van der Waals surface area (Å²) in [6.45, 7) is 4.43. The first kappa shape index (κ1) is 12.5. The number of nitriles is 1. The molecule has 0 bridgehead atoms. The molecule has 2 atom stereocenters. The summed E-state index contributed by atoms with van der Waals surface area (Å²) in [6.07, 6.45) is 3.48. The second kappa shape index (κ2) is 5.60. The van der Waals surface area contributed by atoms with Crippen LogP contribution in [0.4, 0.5) is 0 Å². The number of rotatable bonds is 3. The molecule has 1 aromatic carbocycles. The van der Waals surface area contributed by atoms with Gasteiger partial charge >= 0.3 is 0 Å². The Morgan fingerprint density at radius 1 is 1.24 bits per heavy atom. The van der Waals surface area contributed by atoms with Gasteiger partial charge in [-0.2, -0.15) is 5.26 Å². The lowest BCUT2D eigenvalue weighted by Gasteiger charge is -2.13. The Hall–Kier alpha value is -0.940. The molecule has 0 amide bonds. The molecule has 2 rings (SSSR count). The first-order valence-corrected chi connectivity index (χ1v) is 7.25. The van der Waals surface area contributed by atoms with Crippen molar-refractivity contribution in [2.75, 3.05) is 0 Å². The van der Waals surface area contributed by atoms with Crippen LogP contribution in [0.1, 0.15) is 44.6 Å². The van der Waals surface area contributed by atoms with Crippen LogP contribution in [0.2, 0.25) is 0 Å². The lowest BCUT2D eigenvalue weighted by molar-refractivity contribution is 0.714. The van der Waals surface area contributed by atoms with Crippen LogP contribution in [0.5, 0.6) is 0 Å². The third-order valence-electron chi connectivity index (χ3n) is 3.45. The highest BCUT2D eigenvalue weighted by molar-refractivity contribution is 8.00.